The largest absolute Gasteiger partial charge is 0.239 e. The predicted octanol–water partition coefficient (Wildman–Crippen LogP) is -0.490. The van der Waals surface area contributed by atoms with Crippen LogP contribution in [0.1, 0.15) is 20.8 Å². The van der Waals surface area contributed by atoms with Gasteiger partial charge in [-0.2, -0.15) is 5.90 Å². The maximum absolute atomic E-state index is 10.9. The van der Waals surface area contributed by atoms with Crippen LogP contribution in [0.4, 0.5) is 0 Å². The zero-order chi connectivity index (χ0) is 8.41. The molecule has 0 aliphatic heterocycles. The van der Waals surface area contributed by atoms with Crippen LogP contribution in [-0.2, 0) is 15.0 Å². The van der Waals surface area contributed by atoms with E-state index in [9.17, 15) is 8.42 Å². The van der Waals surface area contributed by atoms with Gasteiger partial charge in [0.15, 0.2) is 0 Å². The number of nitrogens with one attached hydrogen (secondary N) is 1. The molecule has 10 heavy (non-hydrogen) atoms. The van der Waals surface area contributed by atoms with Crippen LogP contribution in [0, 0.1) is 0 Å². The highest BCUT2D eigenvalue weighted by Crippen LogP contribution is 2.11. The summed E-state index contributed by atoms with van der Waals surface area (Å²) in [5.74, 6) is 4.52. The Morgan fingerprint density at radius 3 is 1.90 bits per heavy atom. The fourth-order valence-electron chi connectivity index (χ4n) is 0.188. The van der Waals surface area contributed by atoms with Crippen LogP contribution in [-0.4, -0.2) is 13.2 Å². The molecule has 0 aromatic rings. The Kier molecular flexibility index (Phi) is 2.78. The molecule has 0 spiro atoms. The van der Waals surface area contributed by atoms with Crippen molar-refractivity contribution in [2.75, 3.05) is 0 Å². The van der Waals surface area contributed by atoms with E-state index < -0.39 is 14.8 Å². The molecular weight excluding hydrogens is 156 g/mol. The summed E-state index contributed by atoms with van der Waals surface area (Å²) in [6.45, 7) is 4.61. The van der Waals surface area contributed by atoms with Gasteiger partial charge < -0.3 is 0 Å². The van der Waals surface area contributed by atoms with E-state index in [-0.39, 0.29) is 0 Å². The minimum atomic E-state index is -3.45. The molecule has 6 heteroatoms. The van der Waals surface area contributed by atoms with Crippen LogP contribution < -0.4 is 10.8 Å². The molecule has 5 nitrogen and oxygen atoms in total. The number of sulfonamides is 1. The molecular formula is C4H12N2O3S. The molecule has 0 aromatic carbocycles. The Morgan fingerprint density at radius 2 is 1.80 bits per heavy atom. The number of hydrogen-bond donors (Lipinski definition) is 2. The summed E-state index contributed by atoms with van der Waals surface area (Å²) in [5.41, 5.74) is 0. The molecule has 0 heterocycles. The summed E-state index contributed by atoms with van der Waals surface area (Å²) >= 11 is 0. The molecule has 0 unspecified atom stereocenters. The highest BCUT2D eigenvalue weighted by atomic mass is 32.2. The molecule has 0 atom stereocenters. The fraction of sp³-hybridized carbons (Fsp3) is 1.00. The summed E-state index contributed by atoms with van der Waals surface area (Å²) in [4.78, 5) is 5.51. The minimum Gasteiger partial charge on any atom is -0.210 e. The van der Waals surface area contributed by atoms with Crippen molar-refractivity contribution in [3.05, 3.63) is 0 Å². The number of hydrogen-bond acceptors (Lipinski definition) is 4. The van der Waals surface area contributed by atoms with Crippen LogP contribution in [0.5, 0.6) is 0 Å². The van der Waals surface area contributed by atoms with Crippen molar-refractivity contribution >= 4 is 10.0 Å². The number of nitrogens with two attached hydrogens (primary N) is 1. The molecule has 0 aliphatic carbocycles. The summed E-state index contributed by atoms with van der Waals surface area (Å²) in [6.07, 6.45) is 0. The summed E-state index contributed by atoms with van der Waals surface area (Å²) in [6, 6.07) is 0. The molecule has 0 saturated carbocycles. The molecule has 0 saturated heterocycles. The first-order valence-corrected chi connectivity index (χ1v) is 4.16. The summed E-state index contributed by atoms with van der Waals surface area (Å²) in [7, 11) is -3.45. The average molecular weight is 168 g/mol. The lowest BCUT2D eigenvalue weighted by Crippen LogP contribution is -2.40. The molecule has 0 amide bonds. The Balaban J connectivity index is 4.44. The van der Waals surface area contributed by atoms with E-state index in [1.165, 1.54) is 20.8 Å². The van der Waals surface area contributed by atoms with E-state index in [0.717, 1.165) is 0 Å². The quantitative estimate of drug-likeness (QED) is 0.545. The van der Waals surface area contributed by atoms with Crippen LogP contribution in [0.15, 0.2) is 0 Å². The Bertz CT molecular complexity index is 191. The smallest absolute Gasteiger partial charge is 0.210 e. The predicted molar refractivity (Wildman–Crippen MR) is 37.1 cm³/mol. The average Bonchev–Trinajstić information content (AvgIpc) is 1.61. The Labute approximate surface area is 60.5 Å². The Morgan fingerprint density at radius 1 is 1.40 bits per heavy atom. The first kappa shape index (κ1) is 9.83. The first-order chi connectivity index (χ1) is 4.31. The van der Waals surface area contributed by atoms with Crippen LogP contribution in [0.2, 0.25) is 0 Å². The second kappa shape index (κ2) is 2.83. The molecule has 0 aliphatic rings. The van der Waals surface area contributed by atoms with Gasteiger partial charge in [-0.1, -0.05) is 4.89 Å². The van der Waals surface area contributed by atoms with Gasteiger partial charge in [0.2, 0.25) is 10.0 Å². The van der Waals surface area contributed by atoms with Gasteiger partial charge in [-0.15, -0.1) is 0 Å². The molecule has 0 aromatic heterocycles. The number of rotatable bonds is 2. The zero-order valence-electron chi connectivity index (χ0n) is 6.21. The third-order valence-corrected chi connectivity index (χ3v) is 2.89. The lowest BCUT2D eigenvalue weighted by Gasteiger charge is -2.17. The van der Waals surface area contributed by atoms with E-state index in [1.807, 2.05) is 0 Å². The first-order valence-electron chi connectivity index (χ1n) is 2.68. The second-order valence-corrected chi connectivity index (χ2v) is 5.22. The third-order valence-electron chi connectivity index (χ3n) is 0.964. The van der Waals surface area contributed by atoms with Crippen molar-refractivity contribution in [1.82, 2.24) is 4.89 Å². The summed E-state index contributed by atoms with van der Waals surface area (Å²) < 4.78 is 21.0. The van der Waals surface area contributed by atoms with E-state index in [0.29, 0.717) is 0 Å². The molecule has 3 N–H and O–H groups in total. The molecule has 0 bridgehead atoms. The lowest BCUT2D eigenvalue weighted by molar-refractivity contribution is 0.0935. The Hall–Kier alpha value is -0.170. The van der Waals surface area contributed by atoms with Crippen molar-refractivity contribution in [3.63, 3.8) is 0 Å². The van der Waals surface area contributed by atoms with Gasteiger partial charge in [0.05, 0.1) is 4.75 Å². The van der Waals surface area contributed by atoms with Gasteiger partial charge in [-0.25, -0.2) is 13.4 Å². The monoisotopic (exact) mass is 168 g/mol. The minimum absolute atomic E-state index is 0.896. The third kappa shape index (κ3) is 2.22. The van der Waals surface area contributed by atoms with Crippen molar-refractivity contribution < 1.29 is 13.4 Å². The van der Waals surface area contributed by atoms with Gasteiger partial charge in [-0.05, 0) is 20.8 Å². The zero-order valence-corrected chi connectivity index (χ0v) is 7.03. The second-order valence-electron chi connectivity index (χ2n) is 2.82. The van der Waals surface area contributed by atoms with Gasteiger partial charge >= 0.3 is 0 Å². The highest BCUT2D eigenvalue weighted by molar-refractivity contribution is 7.90. The van der Waals surface area contributed by atoms with Crippen molar-refractivity contribution in [2.24, 2.45) is 5.90 Å². The molecule has 0 fully saturated rings. The maximum Gasteiger partial charge on any atom is 0.239 e. The van der Waals surface area contributed by atoms with E-state index in [4.69, 9.17) is 0 Å². The molecule has 62 valence electrons. The van der Waals surface area contributed by atoms with E-state index in [1.54, 1.807) is 4.89 Å². The normalized spacial score (nSPS) is 13.6. The topological polar surface area (TPSA) is 81.4 Å². The van der Waals surface area contributed by atoms with Gasteiger partial charge in [-0.3, -0.25) is 0 Å². The van der Waals surface area contributed by atoms with Crippen molar-refractivity contribution in [2.45, 2.75) is 25.5 Å². The van der Waals surface area contributed by atoms with E-state index in [2.05, 4.69) is 10.8 Å². The highest BCUT2D eigenvalue weighted by Gasteiger charge is 2.28. The van der Waals surface area contributed by atoms with Gasteiger partial charge in [0.1, 0.15) is 0 Å². The molecule has 0 rings (SSSR count). The van der Waals surface area contributed by atoms with Crippen LogP contribution in [0.25, 0.3) is 0 Å². The maximum atomic E-state index is 10.9. The lowest BCUT2D eigenvalue weighted by atomic mass is 10.3. The standard InChI is InChI=1S/C4H12N2O3S/c1-4(2,3)10(7,8)6-9-5/h6H,5H2,1-3H3. The van der Waals surface area contributed by atoms with Crippen molar-refractivity contribution in [3.8, 4) is 0 Å². The van der Waals surface area contributed by atoms with Gasteiger partial charge in [0.25, 0.3) is 0 Å². The van der Waals surface area contributed by atoms with Crippen molar-refractivity contribution in [1.29, 1.82) is 0 Å². The van der Waals surface area contributed by atoms with Gasteiger partial charge in [0, 0.05) is 0 Å². The fourth-order valence-corrected chi connectivity index (χ4v) is 0.565. The van der Waals surface area contributed by atoms with Crippen LogP contribution in [0.3, 0.4) is 0 Å². The molecule has 0 radical (unpaired) electrons. The van der Waals surface area contributed by atoms with E-state index >= 15 is 0 Å². The SMILES string of the molecule is CC(C)(C)S(=O)(=O)NON. The van der Waals surface area contributed by atoms with Crippen LogP contribution >= 0.6 is 0 Å². The summed E-state index contributed by atoms with van der Waals surface area (Å²) in [5, 5.41) is 0.